The van der Waals surface area contributed by atoms with Crippen molar-refractivity contribution in [2.45, 2.75) is 6.92 Å². The van der Waals surface area contributed by atoms with Gasteiger partial charge in [-0.25, -0.2) is 0 Å². The van der Waals surface area contributed by atoms with E-state index in [2.05, 4.69) is 26.6 Å². The lowest BCUT2D eigenvalue weighted by molar-refractivity contribution is -0.384. The average Bonchev–Trinajstić information content (AvgIpc) is 2.58. The van der Waals surface area contributed by atoms with Crippen LogP contribution in [0.25, 0.3) is 0 Å². The molecule has 0 atom stereocenters. The fraction of sp³-hybridized carbons (Fsp3) is 0.235. The lowest BCUT2D eigenvalue weighted by Gasteiger charge is -2.10. The van der Waals surface area contributed by atoms with Crippen LogP contribution >= 0.6 is 15.9 Å². The lowest BCUT2D eigenvalue weighted by atomic mass is 10.1. The summed E-state index contributed by atoms with van der Waals surface area (Å²) in [5.41, 5.74) is 2.00. The number of hydrogen-bond acceptors (Lipinski definition) is 5. The summed E-state index contributed by atoms with van der Waals surface area (Å²) < 4.78 is 5.85. The van der Waals surface area contributed by atoms with Gasteiger partial charge in [-0.05, 0) is 42.8 Å². The highest BCUT2D eigenvalue weighted by molar-refractivity contribution is 9.10. The second-order valence-corrected chi connectivity index (χ2v) is 6.18. The van der Waals surface area contributed by atoms with Crippen molar-refractivity contribution in [3.63, 3.8) is 0 Å². The molecule has 1 amide bonds. The number of anilines is 2. The van der Waals surface area contributed by atoms with Gasteiger partial charge in [0, 0.05) is 35.4 Å². The van der Waals surface area contributed by atoms with Gasteiger partial charge in [0.25, 0.3) is 11.6 Å². The topological polar surface area (TPSA) is 93.5 Å². The number of nitro groups is 1. The zero-order chi connectivity index (χ0) is 18.4. The number of carbonyl (C=O) groups is 1. The molecule has 0 radical (unpaired) electrons. The Balaban J connectivity index is 2.20. The fourth-order valence-electron chi connectivity index (χ4n) is 2.19. The Bertz CT molecular complexity index is 795. The number of nitro benzene ring substituents is 1. The molecule has 0 aliphatic heterocycles. The van der Waals surface area contributed by atoms with Crippen molar-refractivity contribution in [3.05, 3.63) is 62.1 Å². The molecule has 2 rings (SSSR count). The third-order valence-corrected chi connectivity index (χ3v) is 4.38. The van der Waals surface area contributed by atoms with Crippen LogP contribution in [0.1, 0.15) is 15.9 Å². The number of halogens is 1. The Morgan fingerprint density at radius 2 is 2.04 bits per heavy atom. The van der Waals surface area contributed by atoms with Crippen LogP contribution in [0.4, 0.5) is 17.1 Å². The van der Waals surface area contributed by atoms with Crippen LogP contribution in [-0.2, 0) is 4.74 Å². The normalized spacial score (nSPS) is 10.4. The van der Waals surface area contributed by atoms with E-state index >= 15 is 0 Å². The Labute approximate surface area is 153 Å². The second kappa shape index (κ2) is 8.59. The standard InChI is InChI=1S/C17H18BrN3O4/c1-11-9-13(4-5-14(11)18)20-17(22)12-3-6-15(19-7-8-25-2)16(10-12)21(23)24/h3-6,9-10,19H,7-8H2,1-2H3,(H,20,22). The van der Waals surface area contributed by atoms with Gasteiger partial charge in [-0.1, -0.05) is 15.9 Å². The van der Waals surface area contributed by atoms with Crippen molar-refractivity contribution >= 4 is 38.9 Å². The minimum absolute atomic E-state index is 0.157. The van der Waals surface area contributed by atoms with Gasteiger partial charge < -0.3 is 15.4 Å². The number of methoxy groups -OCH3 is 1. The predicted octanol–water partition coefficient (Wildman–Crippen LogP) is 3.98. The zero-order valence-electron chi connectivity index (χ0n) is 13.8. The van der Waals surface area contributed by atoms with Crippen LogP contribution in [0.2, 0.25) is 0 Å². The smallest absolute Gasteiger partial charge is 0.293 e. The van der Waals surface area contributed by atoms with E-state index in [1.807, 2.05) is 19.1 Å². The van der Waals surface area contributed by atoms with Gasteiger partial charge in [0.1, 0.15) is 5.69 Å². The molecule has 0 bridgehead atoms. The molecular weight excluding hydrogens is 390 g/mol. The van der Waals surface area contributed by atoms with Gasteiger partial charge in [0.05, 0.1) is 11.5 Å². The molecule has 25 heavy (non-hydrogen) atoms. The highest BCUT2D eigenvalue weighted by atomic mass is 79.9. The SMILES string of the molecule is COCCNc1ccc(C(=O)Nc2ccc(Br)c(C)c2)cc1[N+](=O)[O-]. The first-order valence-electron chi connectivity index (χ1n) is 7.51. The largest absolute Gasteiger partial charge is 0.383 e. The zero-order valence-corrected chi connectivity index (χ0v) is 15.4. The van der Waals surface area contributed by atoms with E-state index in [-0.39, 0.29) is 11.3 Å². The molecule has 2 N–H and O–H groups in total. The first kappa shape index (κ1) is 18.9. The van der Waals surface area contributed by atoms with Crippen LogP contribution in [0.5, 0.6) is 0 Å². The van der Waals surface area contributed by atoms with Crippen LogP contribution in [0.3, 0.4) is 0 Å². The van der Waals surface area contributed by atoms with Gasteiger partial charge in [-0.15, -0.1) is 0 Å². The molecule has 2 aromatic carbocycles. The molecule has 0 aliphatic rings. The maximum Gasteiger partial charge on any atom is 0.293 e. The molecule has 0 saturated heterocycles. The Morgan fingerprint density at radius 3 is 2.68 bits per heavy atom. The van der Waals surface area contributed by atoms with Crippen molar-refractivity contribution in [1.82, 2.24) is 0 Å². The number of ether oxygens (including phenoxy) is 1. The van der Waals surface area contributed by atoms with Crippen molar-refractivity contribution in [3.8, 4) is 0 Å². The van der Waals surface area contributed by atoms with E-state index in [4.69, 9.17) is 4.74 Å². The Kier molecular flexibility index (Phi) is 6.49. The number of aryl methyl sites for hydroxylation is 1. The molecule has 7 nitrogen and oxygen atoms in total. The average molecular weight is 408 g/mol. The van der Waals surface area contributed by atoms with Crippen LogP contribution in [-0.4, -0.2) is 31.1 Å². The maximum absolute atomic E-state index is 12.4. The third-order valence-electron chi connectivity index (χ3n) is 3.49. The third kappa shape index (κ3) is 5.01. The number of nitrogens with one attached hydrogen (secondary N) is 2. The monoisotopic (exact) mass is 407 g/mol. The van der Waals surface area contributed by atoms with Crippen LogP contribution < -0.4 is 10.6 Å². The molecule has 0 aromatic heterocycles. The number of rotatable bonds is 7. The molecule has 0 fully saturated rings. The molecule has 0 heterocycles. The van der Waals surface area contributed by atoms with E-state index in [1.54, 1.807) is 19.2 Å². The summed E-state index contributed by atoms with van der Waals surface area (Å²) >= 11 is 3.40. The number of carbonyl (C=O) groups excluding carboxylic acids is 1. The first-order valence-corrected chi connectivity index (χ1v) is 8.30. The van der Waals surface area contributed by atoms with Crippen molar-refractivity contribution in [2.75, 3.05) is 30.9 Å². The Morgan fingerprint density at radius 1 is 1.28 bits per heavy atom. The summed E-state index contributed by atoms with van der Waals surface area (Å²) in [5.74, 6) is -0.409. The quantitative estimate of drug-likeness (QED) is 0.411. The van der Waals surface area contributed by atoms with Gasteiger partial charge in [0.2, 0.25) is 0 Å². The minimum atomic E-state index is -0.518. The lowest BCUT2D eigenvalue weighted by Crippen LogP contribution is -2.14. The van der Waals surface area contributed by atoms with E-state index in [0.29, 0.717) is 24.5 Å². The van der Waals surface area contributed by atoms with E-state index < -0.39 is 10.8 Å². The summed E-state index contributed by atoms with van der Waals surface area (Å²) in [4.78, 5) is 23.1. The molecule has 0 unspecified atom stereocenters. The number of benzene rings is 2. The molecular formula is C17H18BrN3O4. The van der Waals surface area contributed by atoms with E-state index in [9.17, 15) is 14.9 Å². The number of amides is 1. The first-order chi connectivity index (χ1) is 11.9. The number of hydrogen-bond donors (Lipinski definition) is 2. The number of nitrogens with zero attached hydrogens (tertiary/aromatic N) is 1. The summed E-state index contributed by atoms with van der Waals surface area (Å²) in [6.45, 7) is 2.76. The van der Waals surface area contributed by atoms with Crippen molar-refractivity contribution in [2.24, 2.45) is 0 Å². The van der Waals surface area contributed by atoms with Gasteiger partial charge >= 0.3 is 0 Å². The maximum atomic E-state index is 12.4. The van der Waals surface area contributed by atoms with E-state index in [1.165, 1.54) is 12.1 Å². The molecule has 8 heteroatoms. The predicted molar refractivity (Wildman–Crippen MR) is 100 cm³/mol. The van der Waals surface area contributed by atoms with Crippen molar-refractivity contribution < 1.29 is 14.5 Å². The summed E-state index contributed by atoms with van der Waals surface area (Å²) in [5, 5.41) is 16.9. The fourth-order valence-corrected chi connectivity index (χ4v) is 2.43. The second-order valence-electron chi connectivity index (χ2n) is 5.33. The summed E-state index contributed by atoms with van der Waals surface area (Å²) in [6.07, 6.45) is 0. The summed E-state index contributed by atoms with van der Waals surface area (Å²) in [7, 11) is 1.55. The van der Waals surface area contributed by atoms with Crippen LogP contribution in [0, 0.1) is 17.0 Å². The molecule has 132 valence electrons. The minimum Gasteiger partial charge on any atom is -0.383 e. The Hall–Kier alpha value is -2.45. The highest BCUT2D eigenvalue weighted by Crippen LogP contribution is 2.26. The molecule has 0 aliphatic carbocycles. The van der Waals surface area contributed by atoms with Crippen molar-refractivity contribution in [1.29, 1.82) is 0 Å². The van der Waals surface area contributed by atoms with Crippen LogP contribution in [0.15, 0.2) is 40.9 Å². The van der Waals surface area contributed by atoms with Gasteiger partial charge in [-0.2, -0.15) is 0 Å². The van der Waals surface area contributed by atoms with Gasteiger partial charge in [-0.3, -0.25) is 14.9 Å². The summed E-state index contributed by atoms with van der Waals surface area (Å²) in [6, 6.07) is 9.73. The molecule has 0 saturated carbocycles. The molecule has 2 aromatic rings. The highest BCUT2D eigenvalue weighted by Gasteiger charge is 2.17. The van der Waals surface area contributed by atoms with E-state index in [0.717, 1.165) is 10.0 Å². The van der Waals surface area contributed by atoms with Gasteiger partial charge in [0.15, 0.2) is 0 Å². The molecule has 0 spiro atoms.